The molecule has 0 aliphatic carbocycles. The normalized spacial score (nSPS) is 14.4. The average molecular weight is 367 g/mol. The van der Waals surface area contributed by atoms with Gasteiger partial charge in [0.05, 0.1) is 29.4 Å². The molecule has 0 radical (unpaired) electrons. The number of nitrogens with one attached hydrogen (secondary N) is 1. The van der Waals surface area contributed by atoms with E-state index >= 15 is 0 Å². The summed E-state index contributed by atoms with van der Waals surface area (Å²) in [6.45, 7) is 4.56. The van der Waals surface area contributed by atoms with E-state index in [1.807, 2.05) is 24.0 Å². The Labute approximate surface area is 149 Å². The van der Waals surface area contributed by atoms with Crippen LogP contribution < -0.4 is 10.9 Å². The maximum absolute atomic E-state index is 12.3. The molecule has 1 aliphatic rings. The lowest BCUT2D eigenvalue weighted by Crippen LogP contribution is -2.42. The van der Waals surface area contributed by atoms with Crippen LogP contribution in [0.25, 0.3) is 0 Å². The Balaban J connectivity index is 1.56. The predicted molar refractivity (Wildman–Crippen MR) is 94.3 cm³/mol. The van der Waals surface area contributed by atoms with Crippen LogP contribution in [-0.4, -0.2) is 33.4 Å². The van der Waals surface area contributed by atoms with E-state index in [1.54, 1.807) is 10.9 Å². The molecule has 0 saturated carbocycles. The van der Waals surface area contributed by atoms with Gasteiger partial charge >= 0.3 is 0 Å². The van der Waals surface area contributed by atoms with Gasteiger partial charge in [0.1, 0.15) is 0 Å². The van der Waals surface area contributed by atoms with Gasteiger partial charge in [-0.1, -0.05) is 11.6 Å². The van der Waals surface area contributed by atoms with Crippen molar-refractivity contribution in [3.8, 4) is 0 Å². The minimum atomic E-state index is -0.0372. The lowest BCUT2D eigenvalue weighted by molar-refractivity contribution is -0.122. The Morgan fingerprint density at radius 3 is 3.00 bits per heavy atom. The van der Waals surface area contributed by atoms with Gasteiger partial charge in [0.25, 0.3) is 5.56 Å². The van der Waals surface area contributed by atoms with Crippen molar-refractivity contribution in [2.75, 3.05) is 13.1 Å². The maximum atomic E-state index is 12.3. The highest BCUT2D eigenvalue weighted by atomic mass is 35.5. The zero-order valence-corrected chi connectivity index (χ0v) is 15.0. The topological polar surface area (TPSA) is 67.2 Å². The van der Waals surface area contributed by atoms with Crippen molar-refractivity contribution in [2.45, 2.75) is 33.0 Å². The molecule has 0 atom stereocenters. The van der Waals surface area contributed by atoms with Crippen LogP contribution in [0, 0.1) is 0 Å². The number of halogens is 1. The Hall–Kier alpha value is -1.70. The molecular formula is C16H19ClN4O2S. The van der Waals surface area contributed by atoms with Crippen molar-refractivity contribution in [1.29, 1.82) is 0 Å². The summed E-state index contributed by atoms with van der Waals surface area (Å²) in [5.41, 5.74) is 1.61. The van der Waals surface area contributed by atoms with Crippen LogP contribution in [0.15, 0.2) is 23.3 Å². The number of aryl methyl sites for hydroxylation is 1. The van der Waals surface area contributed by atoms with Crippen molar-refractivity contribution in [3.05, 3.63) is 49.3 Å². The molecule has 0 bridgehead atoms. The highest BCUT2D eigenvalue weighted by molar-refractivity contribution is 7.16. The zero-order valence-electron chi connectivity index (χ0n) is 13.4. The van der Waals surface area contributed by atoms with Crippen molar-refractivity contribution >= 4 is 28.8 Å². The van der Waals surface area contributed by atoms with Crippen molar-refractivity contribution in [3.63, 3.8) is 0 Å². The molecule has 2 aromatic rings. The van der Waals surface area contributed by atoms with Gasteiger partial charge in [-0.15, -0.1) is 11.3 Å². The Morgan fingerprint density at radius 1 is 1.46 bits per heavy atom. The standard InChI is InChI=1S/C16H19ClN4O2S/c1-2-21-10-19-13-8-20(6-5-12(13)16(21)23)9-15(22)18-7-11-3-4-14(17)24-11/h3-4,10H,2,5-9H2,1H3,(H,18,22). The maximum Gasteiger partial charge on any atom is 0.256 e. The first-order valence-corrected chi connectivity index (χ1v) is 9.06. The van der Waals surface area contributed by atoms with Crippen LogP contribution >= 0.6 is 22.9 Å². The van der Waals surface area contributed by atoms with E-state index in [4.69, 9.17) is 11.6 Å². The first-order valence-electron chi connectivity index (χ1n) is 7.87. The summed E-state index contributed by atoms with van der Waals surface area (Å²) in [5, 5.41) is 2.90. The summed E-state index contributed by atoms with van der Waals surface area (Å²) in [6, 6.07) is 3.73. The third-order valence-electron chi connectivity index (χ3n) is 4.07. The molecule has 3 rings (SSSR count). The van der Waals surface area contributed by atoms with Gasteiger partial charge < -0.3 is 5.32 Å². The number of amides is 1. The molecule has 0 saturated heterocycles. The van der Waals surface area contributed by atoms with Gasteiger partial charge in [0.2, 0.25) is 5.91 Å². The molecule has 0 fully saturated rings. The predicted octanol–water partition coefficient (Wildman–Crippen LogP) is 1.65. The number of aromatic nitrogens is 2. The zero-order chi connectivity index (χ0) is 17.1. The molecule has 128 valence electrons. The van der Waals surface area contributed by atoms with E-state index in [1.165, 1.54) is 11.3 Å². The molecule has 1 amide bonds. The summed E-state index contributed by atoms with van der Waals surface area (Å²) >= 11 is 7.34. The minimum Gasteiger partial charge on any atom is -0.350 e. The largest absolute Gasteiger partial charge is 0.350 e. The average Bonchev–Trinajstić information content (AvgIpc) is 2.99. The van der Waals surface area contributed by atoms with E-state index in [0.717, 1.165) is 20.5 Å². The van der Waals surface area contributed by atoms with Crippen LogP contribution in [0.2, 0.25) is 4.34 Å². The molecule has 3 heterocycles. The first-order chi connectivity index (χ1) is 11.6. The van der Waals surface area contributed by atoms with E-state index in [0.29, 0.717) is 39.1 Å². The second kappa shape index (κ2) is 7.46. The molecule has 0 unspecified atom stereocenters. The van der Waals surface area contributed by atoms with Gasteiger partial charge in [-0.05, 0) is 25.5 Å². The summed E-state index contributed by atoms with van der Waals surface area (Å²) in [4.78, 5) is 31.8. The molecule has 2 aromatic heterocycles. The number of carbonyl (C=O) groups is 1. The van der Waals surface area contributed by atoms with Crippen LogP contribution in [0.3, 0.4) is 0 Å². The van der Waals surface area contributed by atoms with Crippen LogP contribution in [0.4, 0.5) is 0 Å². The quantitative estimate of drug-likeness (QED) is 0.873. The summed E-state index contributed by atoms with van der Waals surface area (Å²) in [6.07, 6.45) is 2.22. The fraction of sp³-hybridized carbons (Fsp3) is 0.438. The monoisotopic (exact) mass is 366 g/mol. The smallest absolute Gasteiger partial charge is 0.256 e. The van der Waals surface area contributed by atoms with E-state index in [2.05, 4.69) is 10.3 Å². The molecule has 6 nitrogen and oxygen atoms in total. The highest BCUT2D eigenvalue weighted by Crippen LogP contribution is 2.21. The van der Waals surface area contributed by atoms with Crippen molar-refractivity contribution in [1.82, 2.24) is 19.8 Å². The molecule has 0 aromatic carbocycles. The number of thiophene rings is 1. The third kappa shape index (κ3) is 3.85. The number of hydrogen-bond acceptors (Lipinski definition) is 5. The highest BCUT2D eigenvalue weighted by Gasteiger charge is 2.22. The van der Waals surface area contributed by atoms with Crippen molar-refractivity contribution in [2.24, 2.45) is 0 Å². The van der Waals surface area contributed by atoms with Crippen LogP contribution in [-0.2, 0) is 30.8 Å². The second-order valence-electron chi connectivity index (χ2n) is 5.70. The van der Waals surface area contributed by atoms with E-state index in [-0.39, 0.29) is 11.5 Å². The molecule has 1 aliphatic heterocycles. The molecule has 1 N–H and O–H groups in total. The lowest BCUT2D eigenvalue weighted by atomic mass is 10.1. The first kappa shape index (κ1) is 17.1. The van der Waals surface area contributed by atoms with Gasteiger partial charge in [-0.2, -0.15) is 0 Å². The second-order valence-corrected chi connectivity index (χ2v) is 7.50. The summed E-state index contributed by atoms with van der Waals surface area (Å²) < 4.78 is 2.34. The Bertz CT molecular complexity index is 802. The molecule has 24 heavy (non-hydrogen) atoms. The number of carbonyl (C=O) groups excluding carboxylic acids is 1. The number of hydrogen-bond donors (Lipinski definition) is 1. The van der Waals surface area contributed by atoms with Crippen LogP contribution in [0.5, 0.6) is 0 Å². The van der Waals surface area contributed by atoms with Gasteiger partial charge in [0, 0.05) is 30.1 Å². The van der Waals surface area contributed by atoms with Gasteiger partial charge in [-0.25, -0.2) is 4.98 Å². The fourth-order valence-electron chi connectivity index (χ4n) is 2.77. The summed E-state index contributed by atoms with van der Waals surface area (Å²) in [7, 11) is 0. The lowest BCUT2D eigenvalue weighted by Gasteiger charge is -2.27. The molecule has 8 heteroatoms. The van der Waals surface area contributed by atoms with E-state index in [9.17, 15) is 9.59 Å². The van der Waals surface area contributed by atoms with Crippen molar-refractivity contribution < 1.29 is 4.79 Å². The van der Waals surface area contributed by atoms with Gasteiger partial charge in [0.15, 0.2) is 0 Å². The summed E-state index contributed by atoms with van der Waals surface area (Å²) in [5.74, 6) is -0.0372. The number of nitrogens with zero attached hydrogens (tertiary/aromatic N) is 3. The number of fused-ring (bicyclic) bond motifs is 1. The fourth-order valence-corrected chi connectivity index (χ4v) is 3.79. The van der Waals surface area contributed by atoms with Crippen LogP contribution in [0.1, 0.15) is 23.1 Å². The van der Waals surface area contributed by atoms with E-state index < -0.39 is 0 Å². The molecule has 0 spiro atoms. The third-order valence-corrected chi connectivity index (χ3v) is 5.30. The minimum absolute atomic E-state index is 0.0372. The number of rotatable bonds is 5. The Morgan fingerprint density at radius 2 is 2.29 bits per heavy atom. The van der Waals surface area contributed by atoms with Gasteiger partial charge in [-0.3, -0.25) is 19.1 Å². The molecular weight excluding hydrogens is 348 g/mol. The Kier molecular flexibility index (Phi) is 5.33. The SMILES string of the molecule is CCn1cnc2c(c1=O)CCN(CC(=O)NCc1ccc(Cl)s1)C2.